The molecule has 1 aliphatic carbocycles. The number of hydrogen-bond acceptors (Lipinski definition) is 4. The standard InChI is InChI=1S/C20H27F3N2O2S/c21-20(22,23)15-27-13-16-3-5-17(6-4-16)18(26)24-14-19(7-1-2-8-19)25-9-11-28-12-10-25/h3-6H,1-2,7-15H2,(H,24,26). The summed E-state index contributed by atoms with van der Waals surface area (Å²) in [5.74, 6) is 2.15. The second-order valence-electron chi connectivity index (χ2n) is 7.52. The number of alkyl halides is 3. The maximum absolute atomic E-state index is 12.6. The summed E-state index contributed by atoms with van der Waals surface area (Å²) in [7, 11) is 0. The van der Waals surface area contributed by atoms with Gasteiger partial charge < -0.3 is 10.1 Å². The number of amides is 1. The maximum atomic E-state index is 12.6. The Morgan fingerprint density at radius 2 is 1.79 bits per heavy atom. The number of nitrogens with zero attached hydrogens (tertiary/aromatic N) is 1. The zero-order chi connectivity index (χ0) is 20.0. The van der Waals surface area contributed by atoms with Crippen molar-refractivity contribution < 1.29 is 22.7 Å². The molecule has 2 aliphatic rings. The summed E-state index contributed by atoms with van der Waals surface area (Å²) in [6, 6.07) is 6.55. The summed E-state index contributed by atoms with van der Waals surface area (Å²) in [4.78, 5) is 15.1. The lowest BCUT2D eigenvalue weighted by Crippen LogP contribution is -2.56. The van der Waals surface area contributed by atoms with E-state index in [4.69, 9.17) is 0 Å². The monoisotopic (exact) mass is 416 g/mol. The van der Waals surface area contributed by atoms with Gasteiger partial charge in [-0.25, -0.2) is 0 Å². The molecule has 1 heterocycles. The van der Waals surface area contributed by atoms with Gasteiger partial charge in [0.1, 0.15) is 6.61 Å². The van der Waals surface area contributed by atoms with Crippen molar-refractivity contribution in [1.82, 2.24) is 10.2 Å². The lowest BCUT2D eigenvalue weighted by atomic mass is 9.94. The van der Waals surface area contributed by atoms with Crippen LogP contribution in [0.1, 0.15) is 41.6 Å². The van der Waals surface area contributed by atoms with E-state index in [2.05, 4.69) is 15.0 Å². The van der Waals surface area contributed by atoms with Crippen molar-refractivity contribution in [2.45, 2.75) is 44.0 Å². The van der Waals surface area contributed by atoms with Crippen LogP contribution in [-0.4, -0.2) is 60.3 Å². The molecule has 3 rings (SSSR count). The van der Waals surface area contributed by atoms with E-state index in [9.17, 15) is 18.0 Å². The van der Waals surface area contributed by atoms with Crippen molar-refractivity contribution in [3.8, 4) is 0 Å². The van der Waals surface area contributed by atoms with Gasteiger partial charge >= 0.3 is 6.18 Å². The fraction of sp³-hybridized carbons (Fsp3) is 0.650. The van der Waals surface area contributed by atoms with Crippen LogP contribution in [0.3, 0.4) is 0 Å². The van der Waals surface area contributed by atoms with Gasteiger partial charge in [-0.2, -0.15) is 24.9 Å². The van der Waals surface area contributed by atoms with Gasteiger partial charge in [0.15, 0.2) is 0 Å². The van der Waals surface area contributed by atoms with Gasteiger partial charge in [-0.1, -0.05) is 25.0 Å². The minimum Gasteiger partial charge on any atom is -0.367 e. The number of rotatable bonds is 7. The van der Waals surface area contributed by atoms with Crippen LogP contribution in [0.2, 0.25) is 0 Å². The first-order chi connectivity index (χ1) is 13.4. The van der Waals surface area contributed by atoms with Crippen LogP contribution in [0.5, 0.6) is 0 Å². The van der Waals surface area contributed by atoms with Crippen molar-refractivity contribution >= 4 is 17.7 Å². The summed E-state index contributed by atoms with van der Waals surface area (Å²) in [6.07, 6.45) is 0.308. The number of carbonyl (C=O) groups excluding carboxylic acids is 1. The first-order valence-electron chi connectivity index (χ1n) is 9.72. The van der Waals surface area contributed by atoms with Crippen molar-refractivity contribution in [1.29, 1.82) is 0 Å². The Balaban J connectivity index is 1.52. The fourth-order valence-electron chi connectivity index (χ4n) is 4.06. The molecule has 0 radical (unpaired) electrons. The molecule has 156 valence electrons. The maximum Gasteiger partial charge on any atom is 0.411 e. The Labute approximate surface area is 168 Å². The van der Waals surface area contributed by atoms with Gasteiger partial charge in [0.25, 0.3) is 5.91 Å². The van der Waals surface area contributed by atoms with E-state index in [1.165, 1.54) is 12.8 Å². The number of ether oxygens (including phenoxy) is 1. The molecule has 1 saturated heterocycles. The number of hydrogen-bond donors (Lipinski definition) is 1. The summed E-state index contributed by atoms with van der Waals surface area (Å²) in [5.41, 5.74) is 1.20. The summed E-state index contributed by atoms with van der Waals surface area (Å²) < 4.78 is 41.0. The summed E-state index contributed by atoms with van der Waals surface area (Å²) >= 11 is 1.98. The second kappa shape index (κ2) is 9.50. The molecule has 1 aromatic carbocycles. The van der Waals surface area contributed by atoms with Crippen molar-refractivity contribution in [2.75, 3.05) is 37.7 Å². The summed E-state index contributed by atoms with van der Waals surface area (Å²) in [5, 5.41) is 3.09. The predicted molar refractivity (Wildman–Crippen MR) is 105 cm³/mol. The van der Waals surface area contributed by atoms with Crippen LogP contribution in [0.15, 0.2) is 24.3 Å². The Kier molecular flexibility index (Phi) is 7.28. The molecular weight excluding hydrogens is 389 g/mol. The van der Waals surface area contributed by atoms with E-state index >= 15 is 0 Å². The van der Waals surface area contributed by atoms with Crippen molar-refractivity contribution in [3.05, 3.63) is 35.4 Å². The fourth-order valence-corrected chi connectivity index (χ4v) is 4.96. The predicted octanol–water partition coefficient (Wildman–Crippen LogP) is 3.86. The Morgan fingerprint density at radius 3 is 2.39 bits per heavy atom. The Hall–Kier alpha value is -1.25. The molecule has 4 nitrogen and oxygen atoms in total. The second-order valence-corrected chi connectivity index (χ2v) is 8.74. The van der Waals surface area contributed by atoms with E-state index < -0.39 is 12.8 Å². The summed E-state index contributed by atoms with van der Waals surface area (Å²) in [6.45, 7) is 1.40. The van der Waals surface area contributed by atoms with Crippen LogP contribution in [0.25, 0.3) is 0 Å². The van der Waals surface area contributed by atoms with Crippen LogP contribution in [0, 0.1) is 0 Å². The number of thioether (sulfide) groups is 1. The third kappa shape index (κ3) is 5.87. The molecule has 1 saturated carbocycles. The number of halogens is 3. The molecular formula is C20H27F3N2O2S. The normalized spacial score (nSPS) is 20.2. The molecule has 0 atom stereocenters. The number of benzene rings is 1. The molecule has 0 unspecified atom stereocenters. The molecule has 1 N–H and O–H groups in total. The zero-order valence-electron chi connectivity index (χ0n) is 15.9. The van der Waals surface area contributed by atoms with Crippen LogP contribution >= 0.6 is 11.8 Å². The molecule has 0 spiro atoms. The van der Waals surface area contributed by atoms with E-state index in [0.29, 0.717) is 17.7 Å². The first-order valence-corrected chi connectivity index (χ1v) is 10.9. The van der Waals surface area contributed by atoms with E-state index in [0.717, 1.165) is 37.4 Å². The molecule has 8 heteroatoms. The van der Waals surface area contributed by atoms with Crippen molar-refractivity contribution in [3.63, 3.8) is 0 Å². The van der Waals surface area contributed by atoms with E-state index in [1.807, 2.05) is 11.8 Å². The lowest BCUT2D eigenvalue weighted by Gasteiger charge is -2.43. The molecule has 1 aromatic rings. The Morgan fingerprint density at radius 1 is 1.14 bits per heavy atom. The topological polar surface area (TPSA) is 41.6 Å². The van der Waals surface area contributed by atoms with Gasteiger partial charge in [-0.15, -0.1) is 0 Å². The van der Waals surface area contributed by atoms with Crippen LogP contribution in [-0.2, 0) is 11.3 Å². The lowest BCUT2D eigenvalue weighted by molar-refractivity contribution is -0.176. The van der Waals surface area contributed by atoms with Gasteiger partial charge in [-0.3, -0.25) is 9.69 Å². The van der Waals surface area contributed by atoms with Crippen LogP contribution in [0.4, 0.5) is 13.2 Å². The molecule has 1 amide bonds. The first kappa shape index (κ1) is 21.5. The smallest absolute Gasteiger partial charge is 0.367 e. The third-order valence-corrected chi connectivity index (χ3v) is 6.49. The quantitative estimate of drug-likeness (QED) is 0.733. The zero-order valence-corrected chi connectivity index (χ0v) is 16.7. The average molecular weight is 417 g/mol. The third-order valence-electron chi connectivity index (χ3n) is 5.54. The molecule has 1 aliphatic heterocycles. The van der Waals surface area contributed by atoms with Gasteiger partial charge in [0, 0.05) is 42.2 Å². The highest BCUT2D eigenvalue weighted by atomic mass is 32.2. The minimum atomic E-state index is -4.33. The van der Waals surface area contributed by atoms with Gasteiger partial charge in [0.2, 0.25) is 0 Å². The largest absolute Gasteiger partial charge is 0.411 e. The average Bonchev–Trinajstić information content (AvgIpc) is 3.17. The SMILES string of the molecule is O=C(NCC1(N2CCSCC2)CCCC1)c1ccc(COCC(F)(F)F)cc1. The Bertz CT molecular complexity index is 640. The molecule has 0 bridgehead atoms. The van der Waals surface area contributed by atoms with E-state index in [1.54, 1.807) is 24.3 Å². The highest BCUT2D eigenvalue weighted by molar-refractivity contribution is 7.99. The number of nitrogens with one attached hydrogen (secondary N) is 1. The highest BCUT2D eigenvalue weighted by Crippen LogP contribution is 2.36. The van der Waals surface area contributed by atoms with E-state index in [-0.39, 0.29) is 18.1 Å². The van der Waals surface area contributed by atoms with Gasteiger partial charge in [-0.05, 0) is 30.5 Å². The minimum absolute atomic E-state index is 0.0714. The van der Waals surface area contributed by atoms with Gasteiger partial charge in [0.05, 0.1) is 6.61 Å². The molecule has 0 aromatic heterocycles. The molecule has 28 heavy (non-hydrogen) atoms. The number of carbonyl (C=O) groups is 1. The highest BCUT2D eigenvalue weighted by Gasteiger charge is 2.40. The van der Waals surface area contributed by atoms with Crippen LogP contribution < -0.4 is 5.32 Å². The molecule has 2 fully saturated rings. The van der Waals surface area contributed by atoms with Crippen molar-refractivity contribution in [2.24, 2.45) is 0 Å².